The Balaban J connectivity index is 2.25. The van der Waals surface area contributed by atoms with Crippen molar-refractivity contribution in [3.05, 3.63) is 27.9 Å². The molecule has 1 amide bonds. The maximum atomic E-state index is 12.1. The van der Waals surface area contributed by atoms with E-state index in [-0.39, 0.29) is 0 Å². The highest BCUT2D eigenvalue weighted by Gasteiger charge is 2.32. The van der Waals surface area contributed by atoms with Crippen molar-refractivity contribution in [1.29, 1.82) is 0 Å². The fourth-order valence-electron chi connectivity index (χ4n) is 2.13. The Morgan fingerprint density at radius 2 is 2.30 bits per heavy atom. The Morgan fingerprint density at radius 1 is 1.60 bits per heavy atom. The molecule has 8 nitrogen and oxygen atoms in total. The quantitative estimate of drug-likeness (QED) is 0.448. The number of hydrogen-bond donors (Lipinski definition) is 0. The maximum absolute atomic E-state index is 12.1. The average molecular weight is 278 g/mol. The summed E-state index contributed by atoms with van der Waals surface area (Å²) in [5, 5.41) is 7.90. The lowest BCUT2D eigenvalue weighted by atomic mass is 10.0. The van der Waals surface area contributed by atoms with E-state index in [0.29, 0.717) is 13.1 Å². The van der Waals surface area contributed by atoms with Gasteiger partial charge in [0.2, 0.25) is 0 Å². The van der Waals surface area contributed by atoms with Crippen molar-refractivity contribution in [3.8, 4) is 0 Å². The highest BCUT2D eigenvalue weighted by atomic mass is 16.6. The van der Waals surface area contributed by atoms with E-state index in [4.69, 9.17) is 10.3 Å². The number of amides is 1. The molecule has 20 heavy (non-hydrogen) atoms. The second kappa shape index (κ2) is 5.05. The lowest BCUT2D eigenvalue weighted by Gasteiger charge is -2.32. The zero-order valence-corrected chi connectivity index (χ0v) is 12.1. The van der Waals surface area contributed by atoms with Crippen LogP contribution in [0.3, 0.4) is 0 Å². The Labute approximate surface area is 116 Å². The molecule has 0 saturated carbocycles. The number of nitrogens with zero attached hydrogens (tertiary/aromatic N) is 6. The minimum absolute atomic E-state index is 0.303. The highest BCUT2D eigenvalue weighted by Crippen LogP contribution is 2.29. The van der Waals surface area contributed by atoms with Crippen molar-refractivity contribution in [2.24, 2.45) is 12.2 Å². The molecule has 8 heteroatoms. The molecular weight excluding hydrogens is 260 g/mol. The Bertz CT molecular complexity index is 567. The van der Waals surface area contributed by atoms with Crippen molar-refractivity contribution in [3.63, 3.8) is 0 Å². The van der Waals surface area contributed by atoms with Crippen LogP contribution in [0, 0.1) is 0 Å². The van der Waals surface area contributed by atoms with E-state index in [1.54, 1.807) is 17.9 Å². The monoisotopic (exact) mass is 278 g/mol. The molecule has 0 aliphatic carbocycles. The number of azide groups is 1. The van der Waals surface area contributed by atoms with Crippen LogP contribution in [0.15, 0.2) is 11.3 Å². The molecule has 0 spiro atoms. The van der Waals surface area contributed by atoms with Gasteiger partial charge in [-0.15, -0.1) is 0 Å². The van der Waals surface area contributed by atoms with Gasteiger partial charge in [0.05, 0.1) is 24.5 Å². The van der Waals surface area contributed by atoms with Crippen molar-refractivity contribution < 1.29 is 9.53 Å². The van der Waals surface area contributed by atoms with Gasteiger partial charge < -0.3 is 9.64 Å². The van der Waals surface area contributed by atoms with Crippen LogP contribution in [0.1, 0.15) is 38.1 Å². The largest absolute Gasteiger partial charge is 0.444 e. The standard InChI is InChI=1S/C12H18N6O2/c1-12(2,3)20-11(19)18-6-9(15-16-13)8-5-14-17(4)10(8)7-18/h5,9H,6-7H2,1-4H3. The molecule has 2 heterocycles. The number of hydrogen-bond acceptors (Lipinski definition) is 4. The third kappa shape index (κ3) is 2.85. The molecule has 1 unspecified atom stereocenters. The minimum Gasteiger partial charge on any atom is -0.444 e. The molecule has 1 aliphatic rings. The number of ether oxygens (including phenoxy) is 1. The summed E-state index contributed by atoms with van der Waals surface area (Å²) >= 11 is 0. The fourth-order valence-corrected chi connectivity index (χ4v) is 2.13. The van der Waals surface area contributed by atoms with E-state index in [1.165, 1.54) is 4.90 Å². The summed E-state index contributed by atoms with van der Waals surface area (Å²) < 4.78 is 7.04. The summed E-state index contributed by atoms with van der Waals surface area (Å²) in [5.74, 6) is 0. The van der Waals surface area contributed by atoms with Gasteiger partial charge in [-0.05, 0) is 26.3 Å². The molecule has 2 rings (SSSR count). The van der Waals surface area contributed by atoms with Gasteiger partial charge in [-0.1, -0.05) is 5.11 Å². The smallest absolute Gasteiger partial charge is 0.410 e. The molecule has 0 bridgehead atoms. The molecule has 1 aliphatic heterocycles. The molecule has 0 aromatic carbocycles. The third-order valence-corrected chi connectivity index (χ3v) is 3.03. The summed E-state index contributed by atoms with van der Waals surface area (Å²) in [6.45, 7) is 6.15. The van der Waals surface area contributed by atoms with Crippen molar-refractivity contribution in [2.75, 3.05) is 6.54 Å². The fraction of sp³-hybridized carbons (Fsp3) is 0.667. The summed E-state index contributed by atoms with van der Waals surface area (Å²) in [5.41, 5.74) is 9.83. The van der Waals surface area contributed by atoms with Gasteiger partial charge in [0.25, 0.3) is 0 Å². The van der Waals surface area contributed by atoms with Gasteiger partial charge >= 0.3 is 6.09 Å². The third-order valence-electron chi connectivity index (χ3n) is 3.03. The second-order valence-electron chi connectivity index (χ2n) is 5.75. The molecule has 1 aromatic heterocycles. The zero-order chi connectivity index (χ0) is 14.9. The average Bonchev–Trinajstić information content (AvgIpc) is 2.70. The zero-order valence-electron chi connectivity index (χ0n) is 12.1. The number of aromatic nitrogens is 2. The maximum Gasteiger partial charge on any atom is 0.410 e. The van der Waals surface area contributed by atoms with E-state index in [9.17, 15) is 4.79 Å². The predicted molar refractivity (Wildman–Crippen MR) is 71.7 cm³/mol. The predicted octanol–water partition coefficient (Wildman–Crippen LogP) is 2.52. The first-order valence-electron chi connectivity index (χ1n) is 6.34. The lowest BCUT2D eigenvalue weighted by Crippen LogP contribution is -2.41. The number of carbonyl (C=O) groups is 1. The Morgan fingerprint density at radius 3 is 2.90 bits per heavy atom. The molecule has 0 N–H and O–H groups in total. The molecule has 1 atom stereocenters. The molecule has 1 aromatic rings. The summed E-state index contributed by atoms with van der Waals surface area (Å²) in [6.07, 6.45) is 1.27. The van der Waals surface area contributed by atoms with Gasteiger partial charge in [-0.25, -0.2) is 4.79 Å². The van der Waals surface area contributed by atoms with Crippen LogP contribution < -0.4 is 0 Å². The van der Waals surface area contributed by atoms with Gasteiger partial charge in [-0.2, -0.15) is 5.10 Å². The summed E-state index contributed by atoms with van der Waals surface area (Å²) in [4.78, 5) is 16.5. The van der Waals surface area contributed by atoms with E-state index >= 15 is 0 Å². The van der Waals surface area contributed by atoms with Crippen LogP contribution in [0.5, 0.6) is 0 Å². The summed E-state index contributed by atoms with van der Waals surface area (Å²) in [6, 6.07) is -0.426. The van der Waals surface area contributed by atoms with Gasteiger partial charge in [0, 0.05) is 24.1 Å². The van der Waals surface area contributed by atoms with Crippen LogP contribution in [0.25, 0.3) is 10.4 Å². The topological polar surface area (TPSA) is 96.1 Å². The SMILES string of the molecule is Cn1ncc2c1CN(C(=O)OC(C)(C)C)CC2N=[N+]=[N-]. The van der Waals surface area contributed by atoms with Crippen LogP contribution in [-0.4, -0.2) is 32.9 Å². The molecule has 0 fully saturated rings. The van der Waals surface area contributed by atoms with E-state index in [2.05, 4.69) is 15.1 Å². The molecule has 0 radical (unpaired) electrons. The lowest BCUT2D eigenvalue weighted by molar-refractivity contribution is 0.0201. The molecular formula is C12H18N6O2. The van der Waals surface area contributed by atoms with Crippen LogP contribution in [0.2, 0.25) is 0 Å². The number of fused-ring (bicyclic) bond motifs is 1. The van der Waals surface area contributed by atoms with Gasteiger partial charge in [0.15, 0.2) is 0 Å². The highest BCUT2D eigenvalue weighted by molar-refractivity contribution is 5.68. The first-order valence-corrected chi connectivity index (χ1v) is 6.34. The number of carbonyl (C=O) groups excluding carboxylic acids is 1. The van der Waals surface area contributed by atoms with Crippen molar-refractivity contribution >= 4 is 6.09 Å². The van der Waals surface area contributed by atoms with Crippen LogP contribution in [-0.2, 0) is 18.3 Å². The first kappa shape index (κ1) is 14.2. The number of aryl methyl sites for hydroxylation is 1. The Kier molecular flexibility index (Phi) is 3.59. The Hall–Kier alpha value is -2.21. The number of rotatable bonds is 1. The van der Waals surface area contributed by atoms with E-state index in [1.807, 2.05) is 20.8 Å². The normalized spacial score (nSPS) is 18.2. The van der Waals surface area contributed by atoms with Crippen LogP contribution in [0.4, 0.5) is 4.79 Å². The van der Waals surface area contributed by atoms with Gasteiger partial charge in [-0.3, -0.25) is 4.68 Å². The van der Waals surface area contributed by atoms with E-state index in [0.717, 1.165) is 11.3 Å². The van der Waals surface area contributed by atoms with Crippen LogP contribution >= 0.6 is 0 Å². The van der Waals surface area contributed by atoms with E-state index < -0.39 is 17.7 Å². The minimum atomic E-state index is -0.558. The van der Waals surface area contributed by atoms with Crippen molar-refractivity contribution in [2.45, 2.75) is 39.0 Å². The first-order chi connectivity index (χ1) is 9.31. The molecule has 0 saturated heterocycles. The van der Waals surface area contributed by atoms with Crippen molar-refractivity contribution in [1.82, 2.24) is 14.7 Å². The van der Waals surface area contributed by atoms with Gasteiger partial charge in [0.1, 0.15) is 5.60 Å². The second-order valence-corrected chi connectivity index (χ2v) is 5.75. The summed E-state index contributed by atoms with van der Waals surface area (Å²) in [7, 11) is 1.80. The molecule has 108 valence electrons.